The van der Waals surface area contributed by atoms with Gasteiger partial charge in [-0.3, -0.25) is 19.2 Å². The molecule has 10 nitrogen and oxygen atoms in total. The zero-order chi connectivity index (χ0) is 32.6. The quantitative estimate of drug-likeness (QED) is 0.390. The smallest absolute Gasteiger partial charge is 0.313 e. The Morgan fingerprint density at radius 2 is 1.76 bits per heavy atom. The van der Waals surface area contributed by atoms with E-state index in [4.69, 9.17) is 9.47 Å². The molecule has 1 aliphatic carbocycles. The van der Waals surface area contributed by atoms with E-state index in [9.17, 15) is 24.3 Å². The van der Waals surface area contributed by atoms with E-state index in [2.05, 4.69) is 0 Å². The number of fused-ring (bicyclic) bond motifs is 2. The van der Waals surface area contributed by atoms with Gasteiger partial charge in [-0.1, -0.05) is 80.8 Å². The second kappa shape index (κ2) is 13.3. The summed E-state index contributed by atoms with van der Waals surface area (Å²) in [6.07, 6.45) is 12.1. The van der Waals surface area contributed by atoms with Gasteiger partial charge in [0.15, 0.2) is 0 Å². The van der Waals surface area contributed by atoms with Crippen LogP contribution in [0.5, 0.6) is 0 Å². The normalized spacial score (nSPS) is 35.4. The number of aliphatic hydroxyl groups is 1. The summed E-state index contributed by atoms with van der Waals surface area (Å²) in [5.41, 5.74) is -0.618. The molecule has 0 aromatic heterocycles. The van der Waals surface area contributed by atoms with Crippen LogP contribution in [-0.2, 0) is 28.7 Å². The van der Waals surface area contributed by atoms with Gasteiger partial charge in [-0.15, -0.1) is 0 Å². The van der Waals surface area contributed by atoms with Gasteiger partial charge in [0.1, 0.15) is 23.7 Å². The Balaban J connectivity index is 1.45. The lowest BCUT2D eigenvalue weighted by molar-refractivity contribution is -0.164. The summed E-state index contributed by atoms with van der Waals surface area (Å²) in [4.78, 5) is 62.1. The van der Waals surface area contributed by atoms with Crippen molar-refractivity contribution in [3.8, 4) is 0 Å². The SMILES string of the molecule is CC[C@@H](CO)N1C(=O)[C@@H]2[C@H]3C(=O)O[C@@H](c4ccccc4)[C@H](C)N(C)C(=O)CC/C=C\CN(C4CCCCC4)C(=O)[C@@H]1[C@]21C=C[C@H]3O1. The number of ether oxygens (including phenoxy) is 2. The predicted octanol–water partition coefficient (Wildman–Crippen LogP) is 3.55. The number of likely N-dealkylation sites (N-methyl/N-ethyl adjacent to an activating group) is 1. The Morgan fingerprint density at radius 3 is 2.46 bits per heavy atom. The summed E-state index contributed by atoms with van der Waals surface area (Å²) < 4.78 is 12.9. The van der Waals surface area contributed by atoms with Gasteiger partial charge in [-0.05, 0) is 38.2 Å². The lowest BCUT2D eigenvalue weighted by Crippen LogP contribution is -2.60. The van der Waals surface area contributed by atoms with Crippen molar-refractivity contribution in [3.63, 3.8) is 0 Å². The van der Waals surface area contributed by atoms with Gasteiger partial charge >= 0.3 is 5.97 Å². The molecule has 5 bridgehead atoms. The van der Waals surface area contributed by atoms with E-state index < -0.39 is 53.7 Å². The van der Waals surface area contributed by atoms with Gasteiger partial charge in [-0.25, -0.2) is 0 Å². The zero-order valence-electron chi connectivity index (χ0n) is 27.1. The maximum Gasteiger partial charge on any atom is 0.313 e. The fraction of sp³-hybridized carbons (Fsp3) is 0.611. The minimum atomic E-state index is -1.35. The van der Waals surface area contributed by atoms with Crippen molar-refractivity contribution < 1.29 is 33.8 Å². The molecular weight excluding hydrogens is 586 g/mol. The van der Waals surface area contributed by atoms with Crippen molar-refractivity contribution in [2.75, 3.05) is 20.2 Å². The molecule has 1 aromatic rings. The first-order valence-electron chi connectivity index (χ1n) is 17.0. The molecule has 4 heterocycles. The molecule has 4 aliphatic heterocycles. The summed E-state index contributed by atoms with van der Waals surface area (Å²) in [5.74, 6) is -3.23. The van der Waals surface area contributed by atoms with Crippen molar-refractivity contribution in [3.05, 3.63) is 60.2 Å². The van der Waals surface area contributed by atoms with Crippen molar-refractivity contribution in [2.45, 2.75) is 107 Å². The fourth-order valence-corrected chi connectivity index (χ4v) is 8.34. The summed E-state index contributed by atoms with van der Waals surface area (Å²) in [7, 11) is 1.72. The molecule has 0 radical (unpaired) electrons. The Labute approximate surface area is 271 Å². The fourth-order valence-electron chi connectivity index (χ4n) is 8.34. The first kappa shape index (κ1) is 32.4. The molecule has 248 valence electrons. The van der Waals surface area contributed by atoms with Crippen LogP contribution in [0.4, 0.5) is 0 Å². The Kier molecular flexibility index (Phi) is 9.39. The molecular formula is C36H47N3O7. The van der Waals surface area contributed by atoms with Crippen molar-refractivity contribution in [1.82, 2.24) is 14.7 Å². The molecule has 0 unspecified atom stereocenters. The van der Waals surface area contributed by atoms with E-state index in [0.29, 0.717) is 19.4 Å². The monoisotopic (exact) mass is 633 g/mol. The lowest BCUT2D eigenvalue weighted by atomic mass is 9.74. The number of hydrogen-bond donors (Lipinski definition) is 1. The molecule has 1 spiro atoms. The first-order chi connectivity index (χ1) is 22.2. The highest BCUT2D eigenvalue weighted by Gasteiger charge is 2.74. The number of carbonyl (C=O) groups excluding carboxylic acids is 4. The van der Waals surface area contributed by atoms with Crippen molar-refractivity contribution >= 4 is 23.7 Å². The average Bonchev–Trinajstić information content (AvgIpc) is 3.73. The van der Waals surface area contributed by atoms with Crippen LogP contribution in [-0.4, -0.2) is 99.6 Å². The molecule has 10 heteroatoms. The third kappa shape index (κ3) is 5.47. The minimum absolute atomic E-state index is 0.00169. The van der Waals surface area contributed by atoms with Crippen LogP contribution >= 0.6 is 0 Å². The summed E-state index contributed by atoms with van der Waals surface area (Å²) in [6.45, 7) is 3.77. The number of rotatable bonds is 5. The number of benzene rings is 1. The highest BCUT2D eigenvalue weighted by Crippen LogP contribution is 2.56. The van der Waals surface area contributed by atoms with E-state index in [1.54, 1.807) is 18.0 Å². The van der Waals surface area contributed by atoms with E-state index in [0.717, 1.165) is 37.7 Å². The number of likely N-dealkylation sites (tertiary alicyclic amines) is 1. The third-order valence-corrected chi connectivity index (χ3v) is 11.0. The molecule has 46 heavy (non-hydrogen) atoms. The van der Waals surface area contributed by atoms with Crippen LogP contribution in [0.15, 0.2) is 54.6 Å². The average molecular weight is 634 g/mol. The van der Waals surface area contributed by atoms with E-state index in [1.165, 1.54) is 4.90 Å². The largest absolute Gasteiger partial charge is 0.455 e. The molecule has 3 fully saturated rings. The molecule has 5 aliphatic rings. The van der Waals surface area contributed by atoms with Crippen LogP contribution in [0.3, 0.4) is 0 Å². The Bertz CT molecular complexity index is 1370. The molecule has 1 saturated carbocycles. The maximum absolute atomic E-state index is 14.9. The topological polar surface area (TPSA) is 117 Å². The second-order valence-corrected chi connectivity index (χ2v) is 13.5. The number of allylic oxidation sites excluding steroid dienone is 1. The number of hydrogen-bond acceptors (Lipinski definition) is 7. The zero-order valence-corrected chi connectivity index (χ0v) is 27.1. The van der Waals surface area contributed by atoms with Crippen LogP contribution in [0, 0.1) is 11.8 Å². The van der Waals surface area contributed by atoms with Gasteiger partial charge < -0.3 is 29.3 Å². The van der Waals surface area contributed by atoms with Gasteiger partial charge in [0, 0.05) is 26.1 Å². The highest BCUT2D eigenvalue weighted by molar-refractivity contribution is 5.99. The summed E-state index contributed by atoms with van der Waals surface area (Å²) >= 11 is 0. The lowest BCUT2D eigenvalue weighted by Gasteiger charge is -2.41. The van der Waals surface area contributed by atoms with Crippen molar-refractivity contribution in [2.24, 2.45) is 11.8 Å². The standard InChI is InChI=1S/C36H47N3O7/c1-4-25(22-40)39-32-34(43)38(26-16-10-6-11-17-26)21-13-7-12-18-28(41)37(3)23(2)31(24-14-8-5-9-15-24)45-35(44)29-27-19-20-36(32,46-27)30(29)33(39)42/h5,7-9,13-15,19-20,23,25-27,29-32,40H,4,6,10-12,16-18,21-22H2,1-3H3/b13-7-/t23-,25-,27+,29-,30-,31+,32+,36-/m0/s1. The second-order valence-electron chi connectivity index (χ2n) is 13.5. The van der Waals surface area contributed by atoms with Crippen LogP contribution in [0.2, 0.25) is 0 Å². The number of cyclic esters (lactones) is 1. The van der Waals surface area contributed by atoms with Crippen LogP contribution in [0.25, 0.3) is 0 Å². The van der Waals surface area contributed by atoms with Crippen molar-refractivity contribution in [1.29, 1.82) is 0 Å². The number of carbonyl (C=O) groups is 4. The summed E-state index contributed by atoms with van der Waals surface area (Å²) in [5, 5.41) is 10.4. The number of aliphatic hydroxyl groups excluding tert-OH is 1. The summed E-state index contributed by atoms with van der Waals surface area (Å²) in [6, 6.07) is 7.18. The Hall–Kier alpha value is -3.50. The molecule has 1 N–H and O–H groups in total. The van der Waals surface area contributed by atoms with E-state index >= 15 is 0 Å². The van der Waals surface area contributed by atoms with Gasteiger partial charge in [0.2, 0.25) is 17.7 Å². The minimum Gasteiger partial charge on any atom is -0.455 e. The van der Waals surface area contributed by atoms with E-state index in [1.807, 2.05) is 67.3 Å². The van der Waals surface area contributed by atoms with Gasteiger partial charge in [0.05, 0.1) is 30.7 Å². The predicted molar refractivity (Wildman–Crippen MR) is 170 cm³/mol. The molecule has 6 rings (SSSR count). The van der Waals surface area contributed by atoms with Crippen LogP contribution < -0.4 is 0 Å². The molecule has 1 aromatic carbocycles. The third-order valence-electron chi connectivity index (χ3n) is 11.0. The van der Waals surface area contributed by atoms with Crippen LogP contribution in [0.1, 0.15) is 76.9 Å². The van der Waals surface area contributed by atoms with E-state index in [-0.39, 0.29) is 36.8 Å². The molecule has 2 saturated heterocycles. The molecule has 8 atom stereocenters. The van der Waals surface area contributed by atoms with Gasteiger partial charge in [0.25, 0.3) is 0 Å². The molecule has 3 amide bonds. The number of amides is 3. The number of nitrogens with zero attached hydrogens (tertiary/aromatic N) is 3. The Morgan fingerprint density at radius 1 is 1.02 bits per heavy atom. The number of esters is 1. The maximum atomic E-state index is 14.9. The first-order valence-corrected chi connectivity index (χ1v) is 17.0. The highest BCUT2D eigenvalue weighted by atomic mass is 16.6. The van der Waals surface area contributed by atoms with Gasteiger partial charge in [-0.2, -0.15) is 0 Å².